The average Bonchev–Trinajstić information content (AvgIpc) is 2.97. The number of aromatic nitrogens is 1. The Balaban J connectivity index is 1.51. The minimum atomic E-state index is -0.212. The lowest BCUT2D eigenvalue weighted by molar-refractivity contribution is 0.0927. The van der Waals surface area contributed by atoms with Gasteiger partial charge in [0.2, 0.25) is 0 Å². The minimum Gasteiger partial charge on any atom is -0.350 e. The summed E-state index contributed by atoms with van der Waals surface area (Å²) in [5, 5.41) is 6.01. The number of nitrogens with zero attached hydrogens (tertiary/aromatic N) is 1. The van der Waals surface area contributed by atoms with Crippen LogP contribution in [0.3, 0.4) is 0 Å². The van der Waals surface area contributed by atoms with Crippen molar-refractivity contribution in [2.45, 2.75) is 76.7 Å². The van der Waals surface area contributed by atoms with Crippen LogP contribution in [0.4, 0.5) is 0 Å². The van der Waals surface area contributed by atoms with Gasteiger partial charge in [-0.1, -0.05) is 43.4 Å². The highest BCUT2D eigenvalue weighted by atomic mass is 16.2. The topological polar surface area (TPSA) is 71.1 Å². The maximum atomic E-state index is 12.5. The largest absolute Gasteiger partial charge is 0.350 e. The first-order valence-electron chi connectivity index (χ1n) is 10.5. The van der Waals surface area contributed by atoms with E-state index in [4.69, 9.17) is 0 Å². The molecule has 0 atom stereocenters. The summed E-state index contributed by atoms with van der Waals surface area (Å²) in [7, 11) is 0. The standard InChI is InChI=1S/C22H31N3O2/c26-21(23-16-15-17-9-4-3-5-10-17)19-13-8-14-20(25-19)22(27)24-18-11-6-1-2-7-12-18/h8-9,13-14,18H,1-7,10-12,15-16H2,(H,23,26)(H,24,27). The smallest absolute Gasteiger partial charge is 0.270 e. The second-order valence-electron chi connectivity index (χ2n) is 7.68. The number of carbonyl (C=O) groups is 2. The normalized spacial score (nSPS) is 18.3. The van der Waals surface area contributed by atoms with Crippen LogP contribution in [0.5, 0.6) is 0 Å². The van der Waals surface area contributed by atoms with Gasteiger partial charge in [0.05, 0.1) is 0 Å². The van der Waals surface area contributed by atoms with Gasteiger partial charge in [0.15, 0.2) is 0 Å². The molecule has 146 valence electrons. The Bertz CT molecular complexity index is 676. The molecule has 2 amide bonds. The van der Waals surface area contributed by atoms with Gasteiger partial charge in [0.1, 0.15) is 11.4 Å². The lowest BCUT2D eigenvalue weighted by Crippen LogP contribution is -2.35. The van der Waals surface area contributed by atoms with Gasteiger partial charge in [-0.3, -0.25) is 9.59 Å². The number of allylic oxidation sites excluding steroid dienone is 1. The zero-order valence-corrected chi connectivity index (χ0v) is 16.1. The minimum absolute atomic E-state index is 0.177. The second-order valence-corrected chi connectivity index (χ2v) is 7.68. The van der Waals surface area contributed by atoms with Gasteiger partial charge in [-0.25, -0.2) is 4.98 Å². The molecule has 5 nitrogen and oxygen atoms in total. The Morgan fingerprint density at radius 1 is 0.963 bits per heavy atom. The van der Waals surface area contributed by atoms with E-state index < -0.39 is 0 Å². The fourth-order valence-electron chi connectivity index (χ4n) is 3.93. The fourth-order valence-corrected chi connectivity index (χ4v) is 3.93. The molecule has 1 heterocycles. The molecular weight excluding hydrogens is 338 g/mol. The first kappa shape index (κ1) is 19.6. The highest BCUT2D eigenvalue weighted by Crippen LogP contribution is 2.19. The summed E-state index contributed by atoms with van der Waals surface area (Å²) in [6.45, 7) is 0.616. The number of rotatable bonds is 6. The van der Waals surface area contributed by atoms with Crippen molar-refractivity contribution in [1.29, 1.82) is 0 Å². The molecule has 0 radical (unpaired) electrons. The van der Waals surface area contributed by atoms with Crippen molar-refractivity contribution in [1.82, 2.24) is 15.6 Å². The molecule has 0 aliphatic heterocycles. The van der Waals surface area contributed by atoms with Crippen LogP contribution in [-0.2, 0) is 0 Å². The van der Waals surface area contributed by atoms with Crippen LogP contribution in [-0.4, -0.2) is 29.4 Å². The lowest BCUT2D eigenvalue weighted by atomic mass is 9.97. The number of nitrogens with one attached hydrogen (secondary N) is 2. The van der Waals surface area contributed by atoms with Crippen LogP contribution in [0, 0.1) is 0 Å². The van der Waals surface area contributed by atoms with Gasteiger partial charge in [0, 0.05) is 12.6 Å². The van der Waals surface area contributed by atoms with E-state index >= 15 is 0 Å². The Kier molecular flexibility index (Phi) is 7.43. The summed E-state index contributed by atoms with van der Waals surface area (Å²) in [6.07, 6.45) is 14.9. The maximum absolute atomic E-state index is 12.5. The van der Waals surface area contributed by atoms with Gasteiger partial charge in [-0.05, 0) is 57.1 Å². The molecule has 3 rings (SSSR count). The van der Waals surface area contributed by atoms with Gasteiger partial charge in [-0.15, -0.1) is 0 Å². The summed E-state index contributed by atoms with van der Waals surface area (Å²) < 4.78 is 0. The molecule has 0 saturated heterocycles. The van der Waals surface area contributed by atoms with E-state index in [2.05, 4.69) is 21.7 Å². The highest BCUT2D eigenvalue weighted by molar-refractivity contribution is 5.96. The first-order valence-corrected chi connectivity index (χ1v) is 10.5. The second kappa shape index (κ2) is 10.2. The Morgan fingerprint density at radius 3 is 2.41 bits per heavy atom. The molecule has 0 bridgehead atoms. The third-order valence-corrected chi connectivity index (χ3v) is 5.52. The SMILES string of the molecule is O=C(NCCC1=CCCCC1)c1cccc(C(=O)NC2CCCCCC2)n1. The molecular formula is C22H31N3O2. The van der Waals surface area contributed by atoms with Crippen molar-refractivity contribution < 1.29 is 9.59 Å². The van der Waals surface area contributed by atoms with Crippen molar-refractivity contribution in [3.63, 3.8) is 0 Å². The van der Waals surface area contributed by atoms with E-state index in [1.54, 1.807) is 18.2 Å². The van der Waals surface area contributed by atoms with Crippen molar-refractivity contribution in [2.75, 3.05) is 6.54 Å². The Hall–Kier alpha value is -2.17. The van der Waals surface area contributed by atoms with E-state index in [0.29, 0.717) is 17.9 Å². The molecule has 27 heavy (non-hydrogen) atoms. The summed E-state index contributed by atoms with van der Waals surface area (Å²) in [5.74, 6) is -0.389. The van der Waals surface area contributed by atoms with Gasteiger partial charge >= 0.3 is 0 Å². The molecule has 1 fully saturated rings. The van der Waals surface area contributed by atoms with E-state index in [0.717, 1.165) is 44.9 Å². The quantitative estimate of drug-likeness (QED) is 0.584. The van der Waals surface area contributed by atoms with Crippen LogP contribution in [0.15, 0.2) is 29.8 Å². The number of amides is 2. The molecule has 5 heteroatoms. The predicted molar refractivity (Wildman–Crippen MR) is 107 cm³/mol. The summed E-state index contributed by atoms with van der Waals surface area (Å²) in [6, 6.07) is 5.30. The van der Waals surface area contributed by atoms with Crippen molar-refractivity contribution in [2.24, 2.45) is 0 Å². The van der Waals surface area contributed by atoms with E-state index in [-0.39, 0.29) is 17.9 Å². The monoisotopic (exact) mass is 369 g/mol. The van der Waals surface area contributed by atoms with Gasteiger partial charge in [-0.2, -0.15) is 0 Å². The number of pyridine rings is 1. The molecule has 0 aromatic carbocycles. The van der Waals surface area contributed by atoms with E-state index in [1.807, 2.05) is 0 Å². The van der Waals surface area contributed by atoms with E-state index in [1.165, 1.54) is 31.3 Å². The molecule has 2 aliphatic carbocycles. The predicted octanol–water partition coefficient (Wildman–Crippen LogP) is 4.15. The molecule has 0 unspecified atom stereocenters. The third-order valence-electron chi connectivity index (χ3n) is 5.52. The fraction of sp³-hybridized carbons (Fsp3) is 0.591. The third kappa shape index (κ3) is 6.19. The van der Waals surface area contributed by atoms with Crippen molar-refractivity contribution in [3.8, 4) is 0 Å². The van der Waals surface area contributed by atoms with Crippen LogP contribution < -0.4 is 10.6 Å². The van der Waals surface area contributed by atoms with Gasteiger partial charge < -0.3 is 10.6 Å². The van der Waals surface area contributed by atoms with Crippen LogP contribution >= 0.6 is 0 Å². The van der Waals surface area contributed by atoms with Gasteiger partial charge in [0.25, 0.3) is 11.8 Å². The Labute approximate surface area is 162 Å². The van der Waals surface area contributed by atoms with Crippen LogP contribution in [0.2, 0.25) is 0 Å². The molecule has 1 aromatic rings. The molecule has 2 N–H and O–H groups in total. The maximum Gasteiger partial charge on any atom is 0.270 e. The molecule has 1 aromatic heterocycles. The van der Waals surface area contributed by atoms with Crippen LogP contribution in [0.25, 0.3) is 0 Å². The summed E-state index contributed by atoms with van der Waals surface area (Å²) in [4.78, 5) is 29.2. The zero-order chi connectivity index (χ0) is 18.9. The number of hydrogen-bond donors (Lipinski definition) is 2. The molecule has 1 saturated carbocycles. The van der Waals surface area contributed by atoms with Crippen molar-refractivity contribution in [3.05, 3.63) is 41.2 Å². The summed E-state index contributed by atoms with van der Waals surface area (Å²) in [5.41, 5.74) is 2.06. The summed E-state index contributed by atoms with van der Waals surface area (Å²) >= 11 is 0. The average molecular weight is 370 g/mol. The zero-order valence-electron chi connectivity index (χ0n) is 16.1. The Morgan fingerprint density at radius 2 is 1.70 bits per heavy atom. The van der Waals surface area contributed by atoms with Crippen molar-refractivity contribution >= 4 is 11.8 Å². The first-order chi connectivity index (χ1) is 13.2. The highest BCUT2D eigenvalue weighted by Gasteiger charge is 2.18. The van der Waals surface area contributed by atoms with Crippen LogP contribution in [0.1, 0.15) is 91.6 Å². The number of carbonyl (C=O) groups excluding carboxylic acids is 2. The number of hydrogen-bond acceptors (Lipinski definition) is 3. The molecule has 2 aliphatic rings. The molecule has 0 spiro atoms. The van der Waals surface area contributed by atoms with E-state index in [9.17, 15) is 9.59 Å². The lowest BCUT2D eigenvalue weighted by Gasteiger charge is -2.16.